The molecule has 246 valence electrons. The van der Waals surface area contributed by atoms with Crippen LogP contribution in [0, 0.1) is 0 Å². The third-order valence-electron chi connectivity index (χ3n) is 8.78. The third-order valence-corrected chi connectivity index (χ3v) is 8.78. The zero-order chi connectivity index (χ0) is 31.7. The molecule has 10 nitrogen and oxygen atoms in total. The molecule has 10 heteroatoms. The molecular weight excluding hydrogens is 592 g/mol. The lowest BCUT2D eigenvalue weighted by atomic mass is 9.96. The van der Waals surface area contributed by atoms with Crippen molar-refractivity contribution in [3.8, 4) is 0 Å². The molecule has 4 fully saturated rings. The van der Waals surface area contributed by atoms with Gasteiger partial charge in [-0.25, -0.2) is 0 Å². The van der Waals surface area contributed by atoms with Crippen LogP contribution in [-0.4, -0.2) is 73.8 Å². The second-order valence-electron chi connectivity index (χ2n) is 12.6. The summed E-state index contributed by atoms with van der Waals surface area (Å²) in [5.41, 5.74) is 2.89. The Morgan fingerprint density at radius 3 is 1.93 bits per heavy atom. The van der Waals surface area contributed by atoms with E-state index >= 15 is 0 Å². The summed E-state index contributed by atoms with van der Waals surface area (Å²) in [6.45, 7) is 6.21. The molecule has 7 rings (SSSR count). The second kappa shape index (κ2) is 13.8. The SMILES string of the molecule is C[C@@H]1O[C@@H]([O-])[C@@H]2OC(C)(C)O[C@@H]2[C@H]1O[C@@H]1O[C@@H]2COC(c3ccccc3)O[C@H]2[C@H](OCc2ccccc2)[C@@H]1OCc1ccccc1. The maximum absolute atomic E-state index is 12.8. The molecule has 0 bridgehead atoms. The van der Waals surface area contributed by atoms with Crippen LogP contribution >= 0.6 is 0 Å². The van der Waals surface area contributed by atoms with Gasteiger partial charge in [-0.05, 0) is 31.9 Å². The van der Waals surface area contributed by atoms with Gasteiger partial charge in [0, 0.05) is 11.9 Å². The van der Waals surface area contributed by atoms with Gasteiger partial charge < -0.3 is 47.7 Å². The van der Waals surface area contributed by atoms with E-state index < -0.39 is 73.5 Å². The number of fused-ring (bicyclic) bond motifs is 2. The zero-order valence-corrected chi connectivity index (χ0v) is 26.2. The highest BCUT2D eigenvalue weighted by atomic mass is 16.8. The second-order valence-corrected chi connectivity index (χ2v) is 12.6. The van der Waals surface area contributed by atoms with Gasteiger partial charge in [-0.3, -0.25) is 0 Å². The highest BCUT2D eigenvalue weighted by Gasteiger charge is 2.56. The van der Waals surface area contributed by atoms with Gasteiger partial charge >= 0.3 is 0 Å². The summed E-state index contributed by atoms with van der Waals surface area (Å²) < 4.78 is 57.4. The predicted molar refractivity (Wildman–Crippen MR) is 162 cm³/mol. The molecular formula is C36H41O10-. The summed E-state index contributed by atoms with van der Waals surface area (Å²) in [7, 11) is 0. The molecule has 0 spiro atoms. The lowest BCUT2D eigenvalue weighted by Crippen LogP contribution is -2.66. The third kappa shape index (κ3) is 6.93. The summed E-state index contributed by atoms with van der Waals surface area (Å²) in [5.74, 6) is -0.965. The monoisotopic (exact) mass is 633 g/mol. The van der Waals surface area contributed by atoms with Crippen LogP contribution in [0.4, 0.5) is 0 Å². The normalized spacial score (nSPS) is 36.9. The minimum atomic E-state index is -1.40. The fraction of sp³-hybridized carbons (Fsp3) is 0.500. The van der Waals surface area contributed by atoms with Gasteiger partial charge in [0.15, 0.2) is 18.4 Å². The first-order valence-electron chi connectivity index (χ1n) is 16.0. The molecule has 4 heterocycles. The molecule has 3 aromatic carbocycles. The van der Waals surface area contributed by atoms with Crippen molar-refractivity contribution in [2.24, 2.45) is 0 Å². The Kier molecular flexibility index (Phi) is 9.54. The van der Waals surface area contributed by atoms with E-state index in [-0.39, 0.29) is 13.2 Å². The lowest BCUT2D eigenvalue weighted by Gasteiger charge is -2.51. The van der Waals surface area contributed by atoms with Crippen molar-refractivity contribution in [3.63, 3.8) is 0 Å². The molecule has 4 aliphatic rings. The Balaban J connectivity index is 1.20. The molecule has 0 amide bonds. The minimum absolute atomic E-state index is 0.249. The highest BCUT2D eigenvalue weighted by Crippen LogP contribution is 2.41. The Bertz CT molecular complexity index is 1390. The molecule has 3 aromatic rings. The van der Waals surface area contributed by atoms with E-state index in [9.17, 15) is 5.11 Å². The summed E-state index contributed by atoms with van der Waals surface area (Å²) in [4.78, 5) is 0. The maximum Gasteiger partial charge on any atom is 0.187 e. The fourth-order valence-corrected chi connectivity index (χ4v) is 6.59. The summed E-state index contributed by atoms with van der Waals surface area (Å²) in [5, 5.41) is 12.8. The molecule has 0 aliphatic carbocycles. The molecule has 4 aliphatic heterocycles. The van der Waals surface area contributed by atoms with Crippen molar-refractivity contribution >= 4 is 0 Å². The largest absolute Gasteiger partial charge is 0.829 e. The Hall–Kier alpha value is -2.74. The standard InChI is InChI=1S/C36H41O10/c1-22-27(30-31(33(37)41-22)46-36(2,3)45-30)43-35-32(39-20-24-15-9-5-10-16-24)29(38-19-23-13-7-4-8-14-23)28-26(42-35)21-40-34(44-28)25-17-11-6-12-18-25/h4-18,22,26-35H,19-21H2,1-3H3/q-1/t22-,26+,27-,28+,29-,30+,31+,32-,33+,34?,35-/m0/s1. The Morgan fingerprint density at radius 2 is 1.28 bits per heavy atom. The first-order valence-corrected chi connectivity index (χ1v) is 16.0. The van der Waals surface area contributed by atoms with Crippen molar-refractivity contribution in [2.45, 2.75) is 107 Å². The van der Waals surface area contributed by atoms with Crippen molar-refractivity contribution in [3.05, 3.63) is 108 Å². The smallest absolute Gasteiger partial charge is 0.187 e. The van der Waals surface area contributed by atoms with E-state index in [1.54, 1.807) is 20.8 Å². The predicted octanol–water partition coefficient (Wildman–Crippen LogP) is 4.01. The van der Waals surface area contributed by atoms with E-state index in [4.69, 9.17) is 42.6 Å². The van der Waals surface area contributed by atoms with Crippen molar-refractivity contribution in [1.29, 1.82) is 0 Å². The molecule has 0 N–H and O–H groups in total. The molecule has 46 heavy (non-hydrogen) atoms. The molecule has 11 atom stereocenters. The molecule has 0 saturated carbocycles. The first-order chi connectivity index (χ1) is 22.3. The van der Waals surface area contributed by atoms with Crippen LogP contribution in [0.2, 0.25) is 0 Å². The van der Waals surface area contributed by atoms with Gasteiger partial charge in [0.05, 0.1) is 25.9 Å². The number of benzene rings is 3. The van der Waals surface area contributed by atoms with E-state index in [1.807, 2.05) is 91.0 Å². The van der Waals surface area contributed by atoms with Gasteiger partial charge in [0.25, 0.3) is 0 Å². The van der Waals surface area contributed by atoms with Crippen LogP contribution in [-0.2, 0) is 55.8 Å². The Morgan fingerprint density at radius 1 is 0.696 bits per heavy atom. The van der Waals surface area contributed by atoms with Gasteiger partial charge in [-0.1, -0.05) is 91.0 Å². The van der Waals surface area contributed by atoms with Gasteiger partial charge in [-0.2, -0.15) is 0 Å². The number of rotatable bonds is 9. The first kappa shape index (κ1) is 31.8. The summed E-state index contributed by atoms with van der Waals surface area (Å²) >= 11 is 0. The molecule has 0 aromatic heterocycles. The van der Waals surface area contributed by atoms with Gasteiger partial charge in [-0.15, -0.1) is 0 Å². The number of hydrogen-bond donors (Lipinski definition) is 0. The zero-order valence-electron chi connectivity index (χ0n) is 26.2. The highest BCUT2D eigenvalue weighted by molar-refractivity contribution is 5.18. The lowest BCUT2D eigenvalue weighted by molar-refractivity contribution is -0.529. The Labute approximate surface area is 269 Å². The summed E-state index contributed by atoms with van der Waals surface area (Å²) in [6, 6.07) is 29.7. The van der Waals surface area contributed by atoms with Crippen LogP contribution in [0.15, 0.2) is 91.0 Å². The quantitative estimate of drug-likeness (QED) is 0.343. The van der Waals surface area contributed by atoms with E-state index in [0.29, 0.717) is 6.61 Å². The van der Waals surface area contributed by atoms with Crippen molar-refractivity contribution < 1.29 is 47.7 Å². The van der Waals surface area contributed by atoms with E-state index in [1.165, 1.54) is 0 Å². The number of hydrogen-bond acceptors (Lipinski definition) is 10. The topological polar surface area (TPSA) is 106 Å². The van der Waals surface area contributed by atoms with Gasteiger partial charge in [0.2, 0.25) is 0 Å². The number of ether oxygens (including phenoxy) is 9. The van der Waals surface area contributed by atoms with Crippen LogP contribution in [0.25, 0.3) is 0 Å². The van der Waals surface area contributed by atoms with Crippen LogP contribution in [0.5, 0.6) is 0 Å². The van der Waals surface area contributed by atoms with E-state index in [0.717, 1.165) is 16.7 Å². The van der Waals surface area contributed by atoms with Crippen LogP contribution in [0.1, 0.15) is 43.8 Å². The van der Waals surface area contributed by atoms with Crippen molar-refractivity contribution in [1.82, 2.24) is 0 Å². The van der Waals surface area contributed by atoms with Gasteiger partial charge in [0.1, 0.15) is 42.7 Å². The van der Waals surface area contributed by atoms with E-state index in [2.05, 4.69) is 0 Å². The molecule has 1 unspecified atom stereocenters. The fourth-order valence-electron chi connectivity index (χ4n) is 6.59. The van der Waals surface area contributed by atoms with Crippen LogP contribution < -0.4 is 5.11 Å². The summed E-state index contributed by atoms with van der Waals surface area (Å²) in [6.07, 6.45) is -8.12. The maximum atomic E-state index is 12.8. The average molecular weight is 634 g/mol. The van der Waals surface area contributed by atoms with Crippen LogP contribution in [0.3, 0.4) is 0 Å². The molecule has 0 radical (unpaired) electrons. The van der Waals surface area contributed by atoms with Crippen molar-refractivity contribution in [2.75, 3.05) is 6.61 Å². The minimum Gasteiger partial charge on any atom is -0.829 e. The average Bonchev–Trinajstić information content (AvgIpc) is 3.41. The molecule has 4 saturated heterocycles.